The number of hydrogen-bond donors (Lipinski definition) is 0. The van der Waals surface area contributed by atoms with E-state index in [0.29, 0.717) is 0 Å². The molecule has 0 heteroatoms. The monoisotopic (exact) mass is 136 g/mol. The summed E-state index contributed by atoms with van der Waals surface area (Å²) in [5.74, 6) is 1.63. The van der Waals surface area contributed by atoms with Gasteiger partial charge in [-0.2, -0.15) is 0 Å². The summed E-state index contributed by atoms with van der Waals surface area (Å²) in [6, 6.07) is 0. The van der Waals surface area contributed by atoms with Crippen molar-refractivity contribution in [2.75, 3.05) is 0 Å². The maximum absolute atomic E-state index is 3.81. The molecule has 0 aromatic carbocycles. The molecule has 2 atom stereocenters. The van der Waals surface area contributed by atoms with Crippen molar-refractivity contribution in [3.05, 3.63) is 24.8 Å². The van der Waals surface area contributed by atoms with Crippen LogP contribution in [0.25, 0.3) is 0 Å². The van der Waals surface area contributed by atoms with Gasteiger partial charge in [0.05, 0.1) is 0 Å². The first kappa shape index (κ1) is 7.59. The summed E-state index contributed by atoms with van der Waals surface area (Å²) in [6.45, 7) is 5.91. The van der Waals surface area contributed by atoms with Gasteiger partial charge in [0.2, 0.25) is 0 Å². The van der Waals surface area contributed by atoms with Gasteiger partial charge in [-0.05, 0) is 38.0 Å². The van der Waals surface area contributed by atoms with Crippen LogP contribution in [0, 0.1) is 11.8 Å². The van der Waals surface area contributed by atoms with Gasteiger partial charge in [0.25, 0.3) is 0 Å². The first-order valence-electron chi connectivity index (χ1n) is 4.12. The third-order valence-corrected chi connectivity index (χ3v) is 2.31. The molecular weight excluding hydrogens is 120 g/mol. The predicted octanol–water partition coefficient (Wildman–Crippen LogP) is 3.16. The van der Waals surface area contributed by atoms with Crippen molar-refractivity contribution >= 4 is 0 Å². The molecule has 0 amide bonds. The van der Waals surface area contributed by atoms with Crippen molar-refractivity contribution in [2.24, 2.45) is 11.8 Å². The summed E-state index contributed by atoms with van der Waals surface area (Å²) < 4.78 is 0. The molecular formula is C10H16. The summed E-state index contributed by atoms with van der Waals surface area (Å²) in [4.78, 5) is 0. The fraction of sp³-hybridized carbons (Fsp3) is 0.600. The third-order valence-electron chi connectivity index (χ3n) is 2.31. The maximum atomic E-state index is 3.81. The lowest BCUT2D eigenvalue weighted by Crippen LogP contribution is -1.88. The van der Waals surface area contributed by atoms with E-state index >= 15 is 0 Å². The zero-order valence-electron chi connectivity index (χ0n) is 6.72. The van der Waals surface area contributed by atoms with Crippen molar-refractivity contribution < 1.29 is 0 Å². The summed E-state index contributed by atoms with van der Waals surface area (Å²) in [6.07, 6.45) is 10.6. The Morgan fingerprint density at radius 1 is 1.30 bits per heavy atom. The molecule has 1 rings (SSSR count). The van der Waals surface area contributed by atoms with Crippen LogP contribution in [0.1, 0.15) is 26.2 Å². The summed E-state index contributed by atoms with van der Waals surface area (Å²) >= 11 is 0. The van der Waals surface area contributed by atoms with Gasteiger partial charge in [0.1, 0.15) is 0 Å². The fourth-order valence-electron chi connectivity index (χ4n) is 1.71. The maximum Gasteiger partial charge on any atom is -0.0228 e. The van der Waals surface area contributed by atoms with Crippen LogP contribution >= 0.6 is 0 Å². The van der Waals surface area contributed by atoms with E-state index in [1.165, 1.54) is 19.3 Å². The molecule has 10 heavy (non-hydrogen) atoms. The average molecular weight is 136 g/mol. The van der Waals surface area contributed by atoms with Gasteiger partial charge >= 0.3 is 0 Å². The van der Waals surface area contributed by atoms with Crippen molar-refractivity contribution in [1.29, 1.82) is 0 Å². The molecule has 1 aliphatic rings. The van der Waals surface area contributed by atoms with Crippen molar-refractivity contribution in [3.63, 3.8) is 0 Å². The van der Waals surface area contributed by atoms with E-state index in [2.05, 4.69) is 31.7 Å². The Bertz CT molecular complexity index is 133. The molecule has 1 saturated carbocycles. The summed E-state index contributed by atoms with van der Waals surface area (Å²) in [5.41, 5.74) is 0. The predicted molar refractivity (Wildman–Crippen MR) is 45.8 cm³/mol. The van der Waals surface area contributed by atoms with E-state index in [1.54, 1.807) is 0 Å². The zero-order chi connectivity index (χ0) is 7.40. The first-order valence-corrected chi connectivity index (χ1v) is 4.12. The Morgan fingerprint density at radius 3 is 2.50 bits per heavy atom. The van der Waals surface area contributed by atoms with Crippen LogP contribution in [-0.2, 0) is 0 Å². The molecule has 1 aliphatic carbocycles. The van der Waals surface area contributed by atoms with Crippen molar-refractivity contribution in [2.45, 2.75) is 26.2 Å². The van der Waals surface area contributed by atoms with Crippen LogP contribution < -0.4 is 0 Å². The Morgan fingerprint density at radius 2 is 2.00 bits per heavy atom. The molecule has 0 N–H and O–H groups in total. The molecule has 0 heterocycles. The van der Waals surface area contributed by atoms with Crippen LogP contribution in [0.4, 0.5) is 0 Å². The van der Waals surface area contributed by atoms with Gasteiger partial charge in [0, 0.05) is 0 Å². The van der Waals surface area contributed by atoms with E-state index in [0.717, 1.165) is 11.8 Å². The average Bonchev–Trinajstić information content (AvgIpc) is 2.37. The highest BCUT2D eigenvalue weighted by Crippen LogP contribution is 2.31. The minimum Gasteiger partial charge on any atom is -0.103 e. The first-order chi connectivity index (χ1) is 4.86. The summed E-state index contributed by atoms with van der Waals surface area (Å²) in [7, 11) is 0. The quantitative estimate of drug-likeness (QED) is 0.511. The van der Waals surface area contributed by atoms with Crippen molar-refractivity contribution in [1.82, 2.24) is 0 Å². The molecule has 0 aromatic heterocycles. The van der Waals surface area contributed by atoms with E-state index in [-0.39, 0.29) is 0 Å². The highest BCUT2D eigenvalue weighted by molar-refractivity contribution is 4.95. The Kier molecular flexibility index (Phi) is 2.73. The van der Waals surface area contributed by atoms with Gasteiger partial charge in [-0.3, -0.25) is 0 Å². The Hall–Kier alpha value is -0.520. The Labute approximate surface area is 63.6 Å². The fourth-order valence-corrected chi connectivity index (χ4v) is 1.71. The van der Waals surface area contributed by atoms with Crippen LogP contribution in [-0.4, -0.2) is 0 Å². The zero-order valence-corrected chi connectivity index (χ0v) is 6.72. The molecule has 1 fully saturated rings. The molecule has 0 aliphatic heterocycles. The molecule has 2 unspecified atom stereocenters. The normalized spacial score (nSPS) is 33.3. The van der Waals surface area contributed by atoms with Gasteiger partial charge < -0.3 is 0 Å². The Balaban J connectivity index is 2.35. The third kappa shape index (κ3) is 1.73. The minimum atomic E-state index is 0.793. The lowest BCUT2D eigenvalue weighted by Gasteiger charge is -2.00. The second kappa shape index (κ2) is 3.60. The lowest BCUT2D eigenvalue weighted by atomic mass is 10.1. The van der Waals surface area contributed by atoms with Crippen LogP contribution in [0.5, 0.6) is 0 Å². The number of allylic oxidation sites excluding steroid dienone is 3. The van der Waals surface area contributed by atoms with Gasteiger partial charge in [-0.1, -0.05) is 18.2 Å². The smallest absolute Gasteiger partial charge is 0.0228 e. The van der Waals surface area contributed by atoms with Crippen molar-refractivity contribution in [3.8, 4) is 0 Å². The second-order valence-corrected chi connectivity index (χ2v) is 3.09. The molecule has 0 saturated heterocycles. The topological polar surface area (TPSA) is 0 Å². The molecule has 0 bridgehead atoms. The largest absolute Gasteiger partial charge is 0.103 e. The van der Waals surface area contributed by atoms with E-state index in [9.17, 15) is 0 Å². The second-order valence-electron chi connectivity index (χ2n) is 3.09. The molecule has 0 spiro atoms. The van der Waals surface area contributed by atoms with Gasteiger partial charge in [-0.25, -0.2) is 0 Å². The van der Waals surface area contributed by atoms with Crippen LogP contribution in [0.2, 0.25) is 0 Å². The SMILES string of the molecule is C=CC1CCC(/C=C/C)C1. The highest BCUT2D eigenvalue weighted by atomic mass is 14.2. The number of hydrogen-bond acceptors (Lipinski definition) is 0. The van der Waals surface area contributed by atoms with Gasteiger partial charge in [-0.15, -0.1) is 6.58 Å². The standard InChI is InChI=1S/C10H16/c1-3-5-10-7-6-9(4-2)8-10/h3-5,9-10H,2,6-8H2,1H3/b5-3+. The lowest BCUT2D eigenvalue weighted by molar-refractivity contribution is 0.639. The molecule has 0 radical (unpaired) electrons. The molecule has 0 nitrogen and oxygen atoms in total. The highest BCUT2D eigenvalue weighted by Gasteiger charge is 2.19. The minimum absolute atomic E-state index is 0.793. The summed E-state index contributed by atoms with van der Waals surface area (Å²) in [5, 5.41) is 0. The van der Waals surface area contributed by atoms with E-state index in [4.69, 9.17) is 0 Å². The molecule has 0 aromatic rings. The van der Waals surface area contributed by atoms with Gasteiger partial charge in [0.15, 0.2) is 0 Å². The van der Waals surface area contributed by atoms with Crippen LogP contribution in [0.3, 0.4) is 0 Å². The van der Waals surface area contributed by atoms with E-state index in [1.807, 2.05) is 0 Å². The van der Waals surface area contributed by atoms with Crippen LogP contribution in [0.15, 0.2) is 24.8 Å². The number of rotatable bonds is 2. The van der Waals surface area contributed by atoms with E-state index < -0.39 is 0 Å². The molecule has 56 valence electrons.